The Morgan fingerprint density at radius 3 is 2.44 bits per heavy atom. The lowest BCUT2D eigenvalue weighted by Crippen LogP contribution is -2.63. The number of ether oxygens (including phenoxy) is 2. The van der Waals surface area contributed by atoms with Gasteiger partial charge in [0.2, 0.25) is 5.91 Å². The normalized spacial score (nSPS) is 23.4. The molecular weight excluding hydrogens is 433 g/mol. The van der Waals surface area contributed by atoms with Crippen molar-refractivity contribution in [3.8, 4) is 0 Å². The second-order valence-electron chi connectivity index (χ2n) is 9.54. The fraction of sp³-hybridized carbons (Fsp3) is 0.481. The Labute approximate surface area is 201 Å². The number of hydrogen-bond donors (Lipinski definition) is 1. The predicted molar refractivity (Wildman–Crippen MR) is 132 cm³/mol. The molecule has 1 fully saturated rings. The zero-order valence-corrected chi connectivity index (χ0v) is 20.4. The number of nitrogens with one attached hydrogen (secondary N) is 1. The Morgan fingerprint density at radius 1 is 1.21 bits per heavy atom. The Kier molecular flexibility index (Phi) is 7.05. The summed E-state index contributed by atoms with van der Waals surface area (Å²) in [6.07, 6.45) is 2.74. The maximum Gasteiger partial charge on any atom is 0.248 e. The largest absolute Gasteiger partial charge is 0.375 e. The van der Waals surface area contributed by atoms with Crippen molar-refractivity contribution >= 4 is 17.3 Å². The minimum Gasteiger partial charge on any atom is -0.375 e. The quantitative estimate of drug-likeness (QED) is 0.592. The molecule has 182 valence electrons. The van der Waals surface area contributed by atoms with Gasteiger partial charge in [-0.05, 0) is 50.1 Å². The number of carbonyl (C=O) groups is 1. The number of hydrogen-bond acceptors (Lipinski definition) is 5. The van der Waals surface area contributed by atoms with Crippen LogP contribution in [0.25, 0.3) is 0 Å². The molecule has 2 aliphatic heterocycles. The summed E-state index contributed by atoms with van der Waals surface area (Å²) in [5.41, 5.74) is 2.16. The van der Waals surface area contributed by atoms with Crippen LogP contribution in [0.4, 0.5) is 10.1 Å². The fourth-order valence-electron chi connectivity index (χ4n) is 4.71. The lowest BCUT2D eigenvalue weighted by Gasteiger charge is -2.42. The molecule has 2 aromatic rings. The smallest absolute Gasteiger partial charge is 0.248 e. The van der Waals surface area contributed by atoms with Crippen molar-refractivity contribution in [3.05, 3.63) is 65.5 Å². The average Bonchev–Trinajstić information content (AvgIpc) is 3.11. The van der Waals surface area contributed by atoms with Gasteiger partial charge in [0.15, 0.2) is 0 Å². The van der Waals surface area contributed by atoms with Gasteiger partial charge in [-0.3, -0.25) is 4.79 Å². The first kappa shape index (κ1) is 24.4. The monoisotopic (exact) mass is 467 g/mol. The highest BCUT2D eigenvalue weighted by molar-refractivity contribution is 6.10. The van der Waals surface area contributed by atoms with E-state index in [0.717, 1.165) is 41.8 Å². The molecule has 6 nitrogen and oxygen atoms in total. The van der Waals surface area contributed by atoms with Crippen molar-refractivity contribution in [2.75, 3.05) is 31.9 Å². The molecule has 0 aromatic heterocycles. The van der Waals surface area contributed by atoms with Crippen LogP contribution in [-0.4, -0.2) is 49.6 Å². The van der Waals surface area contributed by atoms with E-state index >= 15 is 0 Å². The number of anilines is 1. The van der Waals surface area contributed by atoms with Gasteiger partial charge in [0.25, 0.3) is 0 Å². The van der Waals surface area contributed by atoms with E-state index < -0.39 is 11.1 Å². The van der Waals surface area contributed by atoms with Gasteiger partial charge >= 0.3 is 0 Å². The molecule has 1 amide bonds. The van der Waals surface area contributed by atoms with E-state index in [1.54, 1.807) is 19.2 Å². The molecule has 0 radical (unpaired) electrons. The minimum absolute atomic E-state index is 0.113. The van der Waals surface area contributed by atoms with E-state index in [4.69, 9.17) is 14.6 Å². The third kappa shape index (κ3) is 4.46. The second-order valence-corrected chi connectivity index (χ2v) is 9.54. The Balaban J connectivity index is 1.74. The van der Waals surface area contributed by atoms with Gasteiger partial charge in [-0.25, -0.2) is 9.40 Å². The topological polar surface area (TPSA) is 63.2 Å². The van der Waals surface area contributed by atoms with E-state index in [-0.39, 0.29) is 17.6 Å². The van der Waals surface area contributed by atoms with Crippen LogP contribution in [0.15, 0.2) is 53.6 Å². The molecule has 2 aliphatic rings. The molecule has 4 rings (SSSR count). The van der Waals surface area contributed by atoms with E-state index in [1.807, 2.05) is 43.1 Å². The van der Waals surface area contributed by atoms with Gasteiger partial charge in [0, 0.05) is 13.0 Å². The molecule has 7 heteroatoms. The highest BCUT2D eigenvalue weighted by Crippen LogP contribution is 2.42. The van der Waals surface area contributed by atoms with Crippen molar-refractivity contribution < 1.29 is 18.7 Å². The first-order chi connectivity index (χ1) is 16.3. The van der Waals surface area contributed by atoms with Crippen LogP contribution >= 0.6 is 0 Å². The molecule has 1 saturated heterocycles. The summed E-state index contributed by atoms with van der Waals surface area (Å²) < 4.78 is 24.6. The molecule has 0 saturated carbocycles. The molecular formula is C27H34FN3O3. The SMILES string of the molecule is CCCCC1C(c2ccc(F)cc2)=NN(c2ccc(C)cc2)C1(C)C(=O)NCC1(OC)COC1. The zero-order valence-electron chi connectivity index (χ0n) is 20.4. The molecule has 2 atom stereocenters. The van der Waals surface area contributed by atoms with Crippen LogP contribution in [0.3, 0.4) is 0 Å². The highest BCUT2D eigenvalue weighted by Gasteiger charge is 2.54. The third-order valence-corrected chi connectivity index (χ3v) is 7.12. The zero-order chi connectivity index (χ0) is 24.3. The molecule has 2 aromatic carbocycles. The molecule has 2 unspecified atom stereocenters. The lowest BCUT2D eigenvalue weighted by molar-refractivity contribution is -0.193. The molecule has 0 spiro atoms. The first-order valence-electron chi connectivity index (χ1n) is 12.0. The summed E-state index contributed by atoms with van der Waals surface area (Å²) in [6, 6.07) is 14.4. The Morgan fingerprint density at radius 2 is 1.88 bits per heavy atom. The van der Waals surface area contributed by atoms with E-state index in [9.17, 15) is 9.18 Å². The van der Waals surface area contributed by atoms with E-state index in [0.29, 0.717) is 19.8 Å². The Hall–Kier alpha value is -2.77. The number of carbonyl (C=O) groups excluding carboxylic acids is 1. The number of aryl methyl sites for hydroxylation is 1. The molecule has 0 bridgehead atoms. The van der Waals surface area contributed by atoms with Crippen molar-refractivity contribution in [3.63, 3.8) is 0 Å². The van der Waals surface area contributed by atoms with Crippen LogP contribution in [0, 0.1) is 18.7 Å². The molecule has 1 N–H and O–H groups in total. The summed E-state index contributed by atoms with van der Waals surface area (Å²) in [7, 11) is 1.64. The van der Waals surface area contributed by atoms with Gasteiger partial charge in [-0.1, -0.05) is 49.6 Å². The van der Waals surface area contributed by atoms with Crippen molar-refractivity contribution in [1.29, 1.82) is 0 Å². The van der Waals surface area contributed by atoms with Gasteiger partial charge in [-0.2, -0.15) is 5.10 Å². The van der Waals surface area contributed by atoms with E-state index in [2.05, 4.69) is 12.2 Å². The number of hydrazone groups is 1. The standard InChI is InChI=1S/C27H34FN3O3/c1-5-6-7-23-24(20-10-12-21(28)13-11-20)30-31(22-14-8-19(2)9-15-22)26(23,3)25(32)29-16-27(33-4)17-34-18-27/h8-15,23H,5-7,16-18H2,1-4H3,(H,29,32). The lowest BCUT2D eigenvalue weighted by atomic mass is 9.76. The molecule has 34 heavy (non-hydrogen) atoms. The summed E-state index contributed by atoms with van der Waals surface area (Å²) in [5, 5.41) is 9.99. The average molecular weight is 468 g/mol. The summed E-state index contributed by atoms with van der Waals surface area (Å²) in [4.78, 5) is 13.9. The van der Waals surface area contributed by atoms with Gasteiger partial charge in [-0.15, -0.1) is 0 Å². The second kappa shape index (κ2) is 9.84. The van der Waals surface area contributed by atoms with Crippen LogP contribution in [0.1, 0.15) is 44.2 Å². The predicted octanol–water partition coefficient (Wildman–Crippen LogP) is 4.46. The van der Waals surface area contributed by atoms with Gasteiger partial charge in [0.05, 0.1) is 31.2 Å². The number of rotatable bonds is 9. The maximum absolute atomic E-state index is 13.9. The number of halogens is 1. The number of benzene rings is 2. The fourth-order valence-corrected chi connectivity index (χ4v) is 4.71. The number of methoxy groups -OCH3 is 1. The van der Waals surface area contributed by atoms with Crippen molar-refractivity contribution in [2.24, 2.45) is 11.0 Å². The Bertz CT molecular complexity index is 1030. The highest BCUT2D eigenvalue weighted by atomic mass is 19.1. The molecule has 2 heterocycles. The van der Waals surface area contributed by atoms with Crippen LogP contribution < -0.4 is 10.3 Å². The van der Waals surface area contributed by atoms with Gasteiger partial charge in [0.1, 0.15) is 17.0 Å². The summed E-state index contributed by atoms with van der Waals surface area (Å²) in [6.45, 7) is 7.41. The van der Waals surface area contributed by atoms with E-state index in [1.165, 1.54) is 12.1 Å². The van der Waals surface area contributed by atoms with Crippen LogP contribution in [0.2, 0.25) is 0 Å². The van der Waals surface area contributed by atoms with Crippen molar-refractivity contribution in [1.82, 2.24) is 5.32 Å². The third-order valence-electron chi connectivity index (χ3n) is 7.12. The van der Waals surface area contributed by atoms with Crippen LogP contribution in [0.5, 0.6) is 0 Å². The number of nitrogens with zero attached hydrogens (tertiary/aromatic N) is 2. The van der Waals surface area contributed by atoms with Crippen LogP contribution in [-0.2, 0) is 14.3 Å². The first-order valence-corrected chi connectivity index (χ1v) is 12.0. The van der Waals surface area contributed by atoms with Crippen molar-refractivity contribution in [2.45, 2.75) is 51.2 Å². The number of amides is 1. The van der Waals surface area contributed by atoms with Gasteiger partial charge < -0.3 is 14.8 Å². The summed E-state index contributed by atoms with van der Waals surface area (Å²) in [5.74, 6) is -0.579. The minimum atomic E-state index is -0.965. The summed E-state index contributed by atoms with van der Waals surface area (Å²) >= 11 is 0. The maximum atomic E-state index is 13.9. The molecule has 0 aliphatic carbocycles. The number of unbranched alkanes of at least 4 members (excludes halogenated alkanes) is 1.